The summed E-state index contributed by atoms with van der Waals surface area (Å²) >= 11 is 0. The Balaban J connectivity index is 2.17. The lowest BCUT2D eigenvalue weighted by molar-refractivity contribution is -0.369. The van der Waals surface area contributed by atoms with Crippen LogP contribution in [0.4, 0.5) is 26.3 Å². The zero-order valence-electron chi connectivity index (χ0n) is 9.41. The molecule has 1 nitrogen and oxygen atoms in total. The van der Waals surface area contributed by atoms with Gasteiger partial charge in [-0.25, -0.2) is 0 Å². The van der Waals surface area contributed by atoms with Gasteiger partial charge in [0.1, 0.15) is 0 Å². The van der Waals surface area contributed by atoms with Crippen molar-refractivity contribution < 1.29 is 31.4 Å². The van der Waals surface area contributed by atoms with E-state index >= 15 is 0 Å². The van der Waals surface area contributed by atoms with Gasteiger partial charge in [0.2, 0.25) is 0 Å². The SMILES string of the molecule is OC(C[C]1CC2CCC1C2)(C(F)(F)F)C(F)(F)F. The molecule has 2 bridgehead atoms. The molecule has 2 unspecified atom stereocenters. The predicted molar refractivity (Wildman–Crippen MR) is 50.4 cm³/mol. The average Bonchev–Trinajstić information content (AvgIpc) is 2.75. The minimum Gasteiger partial charge on any atom is -0.374 e. The fourth-order valence-electron chi connectivity index (χ4n) is 3.07. The normalized spacial score (nSPS) is 30.2. The van der Waals surface area contributed by atoms with Gasteiger partial charge in [-0.05, 0) is 37.0 Å². The van der Waals surface area contributed by atoms with Crippen LogP contribution in [-0.2, 0) is 0 Å². The average molecular weight is 275 g/mol. The summed E-state index contributed by atoms with van der Waals surface area (Å²) in [5.74, 6) is 0.255. The van der Waals surface area contributed by atoms with Crippen LogP contribution in [0.3, 0.4) is 0 Å². The van der Waals surface area contributed by atoms with E-state index in [0.29, 0.717) is 19.3 Å². The highest BCUT2D eigenvalue weighted by Gasteiger charge is 2.71. The van der Waals surface area contributed by atoms with E-state index in [1.54, 1.807) is 0 Å². The molecule has 0 amide bonds. The second-order valence-electron chi connectivity index (χ2n) is 5.27. The molecule has 18 heavy (non-hydrogen) atoms. The van der Waals surface area contributed by atoms with Gasteiger partial charge in [-0.2, -0.15) is 26.3 Å². The monoisotopic (exact) mass is 275 g/mol. The smallest absolute Gasteiger partial charge is 0.374 e. The molecule has 1 radical (unpaired) electrons. The van der Waals surface area contributed by atoms with E-state index in [2.05, 4.69) is 0 Å². The van der Waals surface area contributed by atoms with Crippen LogP contribution < -0.4 is 0 Å². The molecule has 2 aliphatic rings. The summed E-state index contributed by atoms with van der Waals surface area (Å²) in [4.78, 5) is 0. The Morgan fingerprint density at radius 1 is 1.00 bits per heavy atom. The van der Waals surface area contributed by atoms with Gasteiger partial charge in [0.05, 0.1) is 0 Å². The minimum absolute atomic E-state index is 0.175. The van der Waals surface area contributed by atoms with Crippen molar-refractivity contribution in [2.24, 2.45) is 11.8 Å². The first-order valence-electron chi connectivity index (χ1n) is 5.75. The molecular formula is C11H13F6O. The summed E-state index contributed by atoms with van der Waals surface area (Å²) in [6.45, 7) is 0. The van der Waals surface area contributed by atoms with Gasteiger partial charge >= 0.3 is 12.4 Å². The van der Waals surface area contributed by atoms with Crippen LogP contribution in [0, 0.1) is 17.8 Å². The molecule has 7 heteroatoms. The lowest BCUT2D eigenvalue weighted by atomic mass is 9.79. The third kappa shape index (κ3) is 2.10. The fraction of sp³-hybridized carbons (Fsp3) is 0.909. The first kappa shape index (κ1) is 14.0. The van der Waals surface area contributed by atoms with Crippen LogP contribution in [0.1, 0.15) is 32.1 Å². The second kappa shape index (κ2) is 4.02. The van der Waals surface area contributed by atoms with Crippen LogP contribution in [-0.4, -0.2) is 23.1 Å². The molecule has 2 rings (SSSR count). The summed E-state index contributed by atoms with van der Waals surface area (Å²) in [6, 6.07) is 0. The zero-order chi connectivity index (χ0) is 13.8. The Kier molecular flexibility index (Phi) is 3.11. The highest BCUT2D eigenvalue weighted by molar-refractivity contribution is 5.14. The molecule has 0 aromatic heterocycles. The van der Waals surface area contributed by atoms with Gasteiger partial charge in [0.15, 0.2) is 0 Å². The molecule has 0 aromatic rings. The Hall–Kier alpha value is -0.460. The number of rotatable bonds is 2. The van der Waals surface area contributed by atoms with E-state index < -0.39 is 24.4 Å². The number of halogens is 6. The molecule has 2 fully saturated rings. The van der Waals surface area contributed by atoms with Crippen LogP contribution >= 0.6 is 0 Å². The highest BCUT2D eigenvalue weighted by atomic mass is 19.4. The molecule has 2 atom stereocenters. The van der Waals surface area contributed by atoms with Crippen molar-refractivity contribution in [3.63, 3.8) is 0 Å². The Labute approximate surface area is 100 Å². The fourth-order valence-corrected chi connectivity index (χ4v) is 3.07. The van der Waals surface area contributed by atoms with E-state index in [9.17, 15) is 26.3 Å². The van der Waals surface area contributed by atoms with E-state index in [1.165, 1.54) is 0 Å². The Morgan fingerprint density at radius 3 is 1.89 bits per heavy atom. The Morgan fingerprint density at radius 2 is 1.56 bits per heavy atom. The first-order valence-corrected chi connectivity index (χ1v) is 5.75. The number of hydrogen-bond acceptors (Lipinski definition) is 1. The van der Waals surface area contributed by atoms with Crippen molar-refractivity contribution in [1.82, 2.24) is 0 Å². The quantitative estimate of drug-likeness (QED) is 0.763. The maximum Gasteiger partial charge on any atom is 0.426 e. The first-order chi connectivity index (χ1) is 8.04. The second-order valence-corrected chi connectivity index (χ2v) is 5.27. The van der Waals surface area contributed by atoms with Crippen LogP contribution in [0.2, 0.25) is 0 Å². The third-order valence-electron chi connectivity index (χ3n) is 4.09. The topological polar surface area (TPSA) is 20.2 Å². The van der Waals surface area contributed by atoms with Gasteiger partial charge < -0.3 is 5.11 Å². The molecule has 0 saturated heterocycles. The van der Waals surface area contributed by atoms with E-state index in [0.717, 1.165) is 6.42 Å². The molecule has 0 spiro atoms. The molecule has 2 aliphatic carbocycles. The lowest BCUT2D eigenvalue weighted by Crippen LogP contribution is -2.57. The van der Waals surface area contributed by atoms with Crippen molar-refractivity contribution in [1.29, 1.82) is 0 Å². The summed E-state index contributed by atoms with van der Waals surface area (Å²) < 4.78 is 75.1. The van der Waals surface area contributed by atoms with Crippen LogP contribution in [0.15, 0.2) is 0 Å². The maximum atomic E-state index is 12.5. The molecular weight excluding hydrogens is 262 g/mol. The van der Waals surface area contributed by atoms with Gasteiger partial charge in [0.25, 0.3) is 5.60 Å². The van der Waals surface area contributed by atoms with Crippen LogP contribution in [0.5, 0.6) is 0 Å². The molecule has 0 aliphatic heterocycles. The van der Waals surface area contributed by atoms with E-state index in [-0.39, 0.29) is 17.8 Å². The minimum atomic E-state index is -5.69. The van der Waals surface area contributed by atoms with Gasteiger partial charge in [0, 0.05) is 6.42 Å². The zero-order valence-corrected chi connectivity index (χ0v) is 9.41. The summed E-state index contributed by atoms with van der Waals surface area (Å²) in [6.07, 6.45) is -10.3. The molecule has 2 saturated carbocycles. The number of aliphatic hydroxyl groups is 1. The van der Waals surface area contributed by atoms with Gasteiger partial charge in [-0.1, -0.05) is 6.42 Å². The van der Waals surface area contributed by atoms with Crippen molar-refractivity contribution in [2.45, 2.75) is 50.1 Å². The highest BCUT2D eigenvalue weighted by Crippen LogP contribution is 2.56. The molecule has 0 heterocycles. The van der Waals surface area contributed by atoms with Crippen LogP contribution in [0.25, 0.3) is 0 Å². The summed E-state index contributed by atoms with van der Waals surface area (Å²) in [5.41, 5.74) is -4.60. The van der Waals surface area contributed by atoms with Crippen molar-refractivity contribution in [3.05, 3.63) is 5.92 Å². The maximum absolute atomic E-state index is 12.5. The van der Waals surface area contributed by atoms with E-state index in [1.807, 2.05) is 0 Å². The molecule has 0 aromatic carbocycles. The summed E-state index contributed by atoms with van der Waals surface area (Å²) in [5, 5.41) is 9.10. The Bertz CT molecular complexity index is 306. The molecule has 1 N–H and O–H groups in total. The standard InChI is InChI=1S/C11H13F6O/c12-10(13,14)9(18,11(15,16)17)5-8-4-6-1-2-7(8)3-6/h6-7,18H,1-5H2. The molecule has 105 valence electrons. The predicted octanol–water partition coefficient (Wildman–Crippen LogP) is 3.63. The van der Waals surface area contributed by atoms with Gasteiger partial charge in [-0.15, -0.1) is 0 Å². The van der Waals surface area contributed by atoms with Crippen molar-refractivity contribution in [3.8, 4) is 0 Å². The van der Waals surface area contributed by atoms with Crippen molar-refractivity contribution in [2.75, 3.05) is 0 Å². The third-order valence-corrected chi connectivity index (χ3v) is 4.09. The van der Waals surface area contributed by atoms with Crippen molar-refractivity contribution >= 4 is 0 Å². The summed E-state index contributed by atoms with van der Waals surface area (Å²) in [7, 11) is 0. The number of fused-ring (bicyclic) bond motifs is 2. The number of hydrogen-bond donors (Lipinski definition) is 1. The number of alkyl halides is 6. The van der Waals surface area contributed by atoms with E-state index in [4.69, 9.17) is 5.11 Å². The lowest BCUT2D eigenvalue weighted by Gasteiger charge is -2.36. The largest absolute Gasteiger partial charge is 0.426 e. The van der Waals surface area contributed by atoms with Gasteiger partial charge in [-0.3, -0.25) is 0 Å².